The van der Waals surface area contributed by atoms with Gasteiger partial charge in [0.25, 0.3) is 5.91 Å². The highest BCUT2D eigenvalue weighted by Crippen LogP contribution is 2.32. The van der Waals surface area contributed by atoms with E-state index in [1.807, 2.05) is 18.4 Å². The highest BCUT2D eigenvalue weighted by atomic mass is 32.2. The number of carboxylic acid groups (broad SMARTS) is 1. The number of rotatable bonds is 6. The molecule has 1 amide bonds. The third-order valence-corrected chi connectivity index (χ3v) is 5.55. The molecule has 0 fully saturated rings. The van der Waals surface area contributed by atoms with Crippen molar-refractivity contribution < 1.29 is 14.7 Å². The number of aliphatic carboxylic acids is 1. The largest absolute Gasteiger partial charge is 0.480 e. The minimum absolute atomic E-state index is 0.325. The van der Waals surface area contributed by atoms with Crippen molar-refractivity contribution in [3.05, 3.63) is 35.0 Å². The predicted molar refractivity (Wildman–Crippen MR) is 101 cm³/mol. The van der Waals surface area contributed by atoms with Gasteiger partial charge in [-0.1, -0.05) is 6.92 Å². The van der Waals surface area contributed by atoms with E-state index >= 15 is 0 Å². The molecule has 0 saturated carbocycles. The van der Waals surface area contributed by atoms with E-state index in [0.717, 1.165) is 23.7 Å². The molecule has 0 bridgehead atoms. The Morgan fingerprint density at radius 3 is 2.96 bits per heavy atom. The number of carbonyl (C=O) groups excluding carboxylic acids is 1. The van der Waals surface area contributed by atoms with Crippen molar-refractivity contribution in [3.8, 4) is 0 Å². The molecule has 134 valence electrons. The molecule has 2 aromatic rings. The SMILES string of the molecule is CSCC[C@H](NC(=O)c1ccc2[nH]c3c(c2c1)C[C@@H](C)CC3)C(=O)O. The van der Waals surface area contributed by atoms with Gasteiger partial charge in [0.1, 0.15) is 6.04 Å². The summed E-state index contributed by atoms with van der Waals surface area (Å²) in [6, 6.07) is 4.73. The summed E-state index contributed by atoms with van der Waals surface area (Å²) >= 11 is 1.57. The zero-order chi connectivity index (χ0) is 18.0. The van der Waals surface area contributed by atoms with Crippen molar-refractivity contribution in [1.29, 1.82) is 0 Å². The Hall–Kier alpha value is -1.95. The van der Waals surface area contributed by atoms with Gasteiger partial charge in [-0.25, -0.2) is 4.79 Å². The molecule has 1 aliphatic rings. The highest BCUT2D eigenvalue weighted by Gasteiger charge is 2.23. The minimum Gasteiger partial charge on any atom is -0.480 e. The standard InChI is InChI=1S/C19H24N2O3S/c1-11-3-5-15-13(9-11)14-10-12(4-6-16(14)20-15)18(22)21-17(19(23)24)7-8-25-2/h4,6,10-11,17,20H,3,5,7-9H2,1-2H3,(H,21,22)(H,23,24)/t11-,17-/m0/s1. The third-order valence-electron chi connectivity index (χ3n) is 4.91. The fraction of sp³-hybridized carbons (Fsp3) is 0.474. The van der Waals surface area contributed by atoms with Crippen molar-refractivity contribution in [2.24, 2.45) is 5.92 Å². The first-order valence-corrected chi connectivity index (χ1v) is 10.0. The molecule has 25 heavy (non-hydrogen) atoms. The lowest BCUT2D eigenvalue weighted by molar-refractivity contribution is -0.139. The van der Waals surface area contributed by atoms with E-state index in [9.17, 15) is 14.7 Å². The molecule has 0 unspecified atom stereocenters. The minimum atomic E-state index is -0.990. The van der Waals surface area contributed by atoms with Crippen LogP contribution < -0.4 is 5.32 Å². The van der Waals surface area contributed by atoms with Crippen LogP contribution in [-0.2, 0) is 17.6 Å². The maximum Gasteiger partial charge on any atom is 0.326 e. The molecule has 0 spiro atoms. The maximum atomic E-state index is 12.5. The Morgan fingerprint density at radius 2 is 2.24 bits per heavy atom. The van der Waals surface area contributed by atoms with Crippen LogP contribution in [0, 0.1) is 5.92 Å². The number of H-pyrrole nitrogens is 1. The molecule has 2 atom stereocenters. The molecule has 3 N–H and O–H groups in total. The van der Waals surface area contributed by atoms with E-state index in [4.69, 9.17) is 0 Å². The monoisotopic (exact) mass is 360 g/mol. The van der Waals surface area contributed by atoms with E-state index in [2.05, 4.69) is 17.2 Å². The average Bonchev–Trinajstić information content (AvgIpc) is 2.95. The van der Waals surface area contributed by atoms with Crippen molar-refractivity contribution in [1.82, 2.24) is 10.3 Å². The van der Waals surface area contributed by atoms with Crippen LogP contribution in [0.15, 0.2) is 18.2 Å². The number of fused-ring (bicyclic) bond motifs is 3. The molecule has 0 saturated heterocycles. The average molecular weight is 360 g/mol. The maximum absolute atomic E-state index is 12.5. The molecule has 0 radical (unpaired) electrons. The van der Waals surface area contributed by atoms with Gasteiger partial charge in [-0.05, 0) is 67.4 Å². The van der Waals surface area contributed by atoms with Crippen molar-refractivity contribution in [2.45, 2.75) is 38.6 Å². The van der Waals surface area contributed by atoms with Crippen LogP contribution in [0.25, 0.3) is 10.9 Å². The number of aromatic nitrogens is 1. The Balaban J connectivity index is 1.84. The zero-order valence-corrected chi connectivity index (χ0v) is 15.4. The number of thioether (sulfide) groups is 1. The molecule has 5 nitrogen and oxygen atoms in total. The number of nitrogens with one attached hydrogen (secondary N) is 2. The Morgan fingerprint density at radius 1 is 1.44 bits per heavy atom. The van der Waals surface area contributed by atoms with E-state index in [1.54, 1.807) is 17.8 Å². The third kappa shape index (κ3) is 3.84. The van der Waals surface area contributed by atoms with E-state index < -0.39 is 12.0 Å². The van der Waals surface area contributed by atoms with Gasteiger partial charge in [0.15, 0.2) is 0 Å². The van der Waals surface area contributed by atoms with Gasteiger partial charge in [0.05, 0.1) is 0 Å². The van der Waals surface area contributed by atoms with Crippen LogP contribution in [0.1, 0.15) is 41.4 Å². The summed E-state index contributed by atoms with van der Waals surface area (Å²) in [6.45, 7) is 2.25. The lowest BCUT2D eigenvalue weighted by Gasteiger charge is -2.18. The first kappa shape index (κ1) is 17.9. The zero-order valence-electron chi connectivity index (χ0n) is 14.6. The number of amides is 1. The molecular weight excluding hydrogens is 336 g/mol. The van der Waals surface area contributed by atoms with Gasteiger partial charge in [-0.3, -0.25) is 4.79 Å². The first-order chi connectivity index (χ1) is 12.0. The molecule has 0 aliphatic heterocycles. The summed E-state index contributed by atoms with van der Waals surface area (Å²) in [4.78, 5) is 27.3. The van der Waals surface area contributed by atoms with Gasteiger partial charge in [-0.15, -0.1) is 0 Å². The van der Waals surface area contributed by atoms with Crippen LogP contribution in [-0.4, -0.2) is 40.0 Å². The highest BCUT2D eigenvalue weighted by molar-refractivity contribution is 7.98. The normalized spacial score (nSPS) is 17.9. The van der Waals surface area contributed by atoms with Gasteiger partial charge in [0.2, 0.25) is 0 Å². The van der Waals surface area contributed by atoms with E-state index in [0.29, 0.717) is 23.7 Å². The number of hydrogen-bond donors (Lipinski definition) is 3. The fourth-order valence-corrected chi connectivity index (χ4v) is 3.94. The summed E-state index contributed by atoms with van der Waals surface area (Å²) in [7, 11) is 0. The fourth-order valence-electron chi connectivity index (χ4n) is 3.47. The Bertz CT molecular complexity index is 799. The van der Waals surface area contributed by atoms with Gasteiger partial charge >= 0.3 is 5.97 Å². The quantitative estimate of drug-likeness (QED) is 0.739. The summed E-state index contributed by atoms with van der Waals surface area (Å²) < 4.78 is 0. The second-order valence-electron chi connectivity index (χ2n) is 6.84. The summed E-state index contributed by atoms with van der Waals surface area (Å²) in [5.41, 5.74) is 4.14. The first-order valence-electron chi connectivity index (χ1n) is 8.65. The van der Waals surface area contributed by atoms with Crippen molar-refractivity contribution in [2.75, 3.05) is 12.0 Å². The molecule has 1 heterocycles. The number of aryl methyl sites for hydroxylation is 1. The summed E-state index contributed by atoms with van der Waals surface area (Å²) in [6.07, 6.45) is 5.59. The second kappa shape index (κ2) is 7.52. The van der Waals surface area contributed by atoms with E-state index in [1.165, 1.54) is 17.7 Å². The lowest BCUT2D eigenvalue weighted by atomic mass is 9.87. The molecular formula is C19H24N2O3S. The van der Waals surface area contributed by atoms with E-state index in [-0.39, 0.29) is 5.91 Å². The van der Waals surface area contributed by atoms with Gasteiger partial charge < -0.3 is 15.4 Å². The number of benzene rings is 1. The Kier molecular flexibility index (Phi) is 5.37. The Labute approximate surface area is 151 Å². The van der Waals surface area contributed by atoms with Crippen LogP contribution in [0.3, 0.4) is 0 Å². The summed E-state index contributed by atoms with van der Waals surface area (Å²) in [5.74, 6) is 0.0249. The van der Waals surface area contributed by atoms with Crippen LogP contribution >= 0.6 is 11.8 Å². The molecule has 1 aliphatic carbocycles. The van der Waals surface area contributed by atoms with Gasteiger partial charge in [-0.2, -0.15) is 11.8 Å². The number of aromatic amines is 1. The predicted octanol–water partition coefficient (Wildman–Crippen LogP) is 3.23. The smallest absolute Gasteiger partial charge is 0.326 e. The molecule has 3 rings (SSSR count). The topological polar surface area (TPSA) is 82.2 Å². The number of carboxylic acids is 1. The number of carbonyl (C=O) groups is 2. The second-order valence-corrected chi connectivity index (χ2v) is 7.82. The lowest BCUT2D eigenvalue weighted by Crippen LogP contribution is -2.41. The van der Waals surface area contributed by atoms with Crippen LogP contribution in [0.4, 0.5) is 0 Å². The van der Waals surface area contributed by atoms with Crippen LogP contribution in [0.5, 0.6) is 0 Å². The molecule has 1 aromatic heterocycles. The van der Waals surface area contributed by atoms with Gasteiger partial charge in [0, 0.05) is 22.2 Å². The van der Waals surface area contributed by atoms with Crippen molar-refractivity contribution in [3.63, 3.8) is 0 Å². The summed E-state index contributed by atoms with van der Waals surface area (Å²) in [5, 5.41) is 13.0. The molecule has 1 aromatic carbocycles. The molecule has 6 heteroatoms. The number of hydrogen-bond acceptors (Lipinski definition) is 3. The van der Waals surface area contributed by atoms with Crippen molar-refractivity contribution >= 4 is 34.5 Å². The van der Waals surface area contributed by atoms with Crippen LogP contribution in [0.2, 0.25) is 0 Å².